The summed E-state index contributed by atoms with van der Waals surface area (Å²) < 4.78 is 43.3. The first kappa shape index (κ1) is 20.5. The summed E-state index contributed by atoms with van der Waals surface area (Å²) in [7, 11) is 1.25. The molecule has 2 aromatic carbocycles. The maximum Gasteiger partial charge on any atom is 0.416 e. The normalized spacial score (nSPS) is 12.7. The smallest absolute Gasteiger partial charge is 0.416 e. The van der Waals surface area contributed by atoms with E-state index in [1.807, 2.05) is 0 Å². The second-order valence-electron chi connectivity index (χ2n) is 6.46. The number of carbonyl (C=O) groups is 1. The third-order valence-electron chi connectivity index (χ3n) is 4.47. The van der Waals surface area contributed by atoms with Crippen LogP contribution in [-0.2, 0) is 17.5 Å². The van der Waals surface area contributed by atoms with Crippen LogP contribution in [0, 0.1) is 0 Å². The molecule has 0 aliphatic carbocycles. The van der Waals surface area contributed by atoms with Gasteiger partial charge in [-0.2, -0.15) is 13.2 Å². The number of H-pyrrole nitrogens is 1. The molecule has 2 N–H and O–H groups in total. The SMILES string of the molecule is COC(=O)c1ccc2c(=O)[nH]c(CN[C@H](C)c3cccc(C(F)(F)F)c3)nc2c1. The zero-order valence-electron chi connectivity index (χ0n) is 15.6. The highest BCUT2D eigenvalue weighted by molar-refractivity contribution is 5.93. The van der Waals surface area contributed by atoms with Gasteiger partial charge in [-0.3, -0.25) is 4.79 Å². The number of aromatic nitrogens is 2. The van der Waals surface area contributed by atoms with E-state index < -0.39 is 23.8 Å². The van der Waals surface area contributed by atoms with Gasteiger partial charge in [0.05, 0.1) is 35.7 Å². The number of nitrogens with one attached hydrogen (secondary N) is 2. The molecular weight excluding hydrogens is 387 g/mol. The van der Waals surface area contributed by atoms with Crippen LogP contribution in [0.25, 0.3) is 10.9 Å². The Morgan fingerprint density at radius 3 is 2.69 bits per heavy atom. The average molecular weight is 405 g/mol. The first-order valence-electron chi connectivity index (χ1n) is 8.71. The molecular formula is C20H18F3N3O3. The molecule has 1 heterocycles. The van der Waals surface area contributed by atoms with Crippen LogP contribution in [0.1, 0.15) is 40.3 Å². The molecule has 0 aliphatic rings. The maximum atomic E-state index is 12.9. The van der Waals surface area contributed by atoms with Crippen molar-refractivity contribution in [3.05, 3.63) is 75.3 Å². The highest BCUT2D eigenvalue weighted by Crippen LogP contribution is 2.30. The molecule has 3 rings (SSSR count). The van der Waals surface area contributed by atoms with Crippen LogP contribution < -0.4 is 10.9 Å². The van der Waals surface area contributed by atoms with Gasteiger partial charge in [-0.1, -0.05) is 12.1 Å². The zero-order chi connectivity index (χ0) is 21.2. The van der Waals surface area contributed by atoms with Gasteiger partial charge >= 0.3 is 12.1 Å². The van der Waals surface area contributed by atoms with Crippen molar-refractivity contribution in [3.63, 3.8) is 0 Å². The van der Waals surface area contributed by atoms with Gasteiger partial charge in [0.15, 0.2) is 0 Å². The van der Waals surface area contributed by atoms with E-state index in [-0.39, 0.29) is 17.7 Å². The topological polar surface area (TPSA) is 84.1 Å². The fourth-order valence-electron chi connectivity index (χ4n) is 2.87. The minimum Gasteiger partial charge on any atom is -0.465 e. The van der Waals surface area contributed by atoms with E-state index in [0.717, 1.165) is 12.1 Å². The highest BCUT2D eigenvalue weighted by atomic mass is 19.4. The summed E-state index contributed by atoms with van der Waals surface area (Å²) in [6.45, 7) is 1.83. The summed E-state index contributed by atoms with van der Waals surface area (Å²) in [5.74, 6) is -0.254. The van der Waals surface area contributed by atoms with Crippen molar-refractivity contribution in [1.82, 2.24) is 15.3 Å². The molecule has 1 aromatic heterocycles. The number of hydrogen-bond donors (Lipinski definition) is 2. The van der Waals surface area contributed by atoms with E-state index in [1.165, 1.54) is 31.4 Å². The fraction of sp³-hybridized carbons (Fsp3) is 0.250. The number of methoxy groups -OCH3 is 1. The first-order valence-corrected chi connectivity index (χ1v) is 8.71. The van der Waals surface area contributed by atoms with Gasteiger partial charge in [-0.05, 0) is 42.8 Å². The van der Waals surface area contributed by atoms with E-state index in [0.29, 0.717) is 22.3 Å². The summed E-state index contributed by atoms with van der Waals surface area (Å²) in [6, 6.07) is 9.02. The molecule has 0 bridgehead atoms. The molecule has 29 heavy (non-hydrogen) atoms. The number of halogens is 3. The number of carbonyl (C=O) groups excluding carboxylic acids is 1. The van der Waals surface area contributed by atoms with E-state index in [9.17, 15) is 22.8 Å². The Bertz CT molecular complexity index is 1110. The summed E-state index contributed by atoms with van der Waals surface area (Å²) in [4.78, 5) is 30.9. The number of esters is 1. The van der Waals surface area contributed by atoms with Crippen molar-refractivity contribution in [2.24, 2.45) is 0 Å². The molecule has 152 valence electrons. The standard InChI is InChI=1S/C20H18F3N3O3/c1-11(12-4-3-5-14(8-12)20(21,22)23)24-10-17-25-16-9-13(19(28)29-2)6-7-15(16)18(27)26-17/h3-9,11,24H,10H2,1-2H3,(H,25,26,27)/t11-/m1/s1. The van der Waals surface area contributed by atoms with Crippen molar-refractivity contribution >= 4 is 16.9 Å². The molecule has 0 saturated carbocycles. The van der Waals surface area contributed by atoms with E-state index in [1.54, 1.807) is 13.0 Å². The molecule has 0 spiro atoms. The van der Waals surface area contributed by atoms with Gasteiger partial charge < -0.3 is 15.0 Å². The van der Waals surface area contributed by atoms with Crippen LogP contribution in [0.3, 0.4) is 0 Å². The predicted octanol–water partition coefficient (Wildman–Crippen LogP) is 3.58. The Balaban J connectivity index is 1.81. The molecule has 1 atom stereocenters. The van der Waals surface area contributed by atoms with Gasteiger partial charge in [-0.25, -0.2) is 9.78 Å². The van der Waals surface area contributed by atoms with Gasteiger partial charge in [0.1, 0.15) is 5.82 Å². The van der Waals surface area contributed by atoms with Crippen molar-refractivity contribution in [2.45, 2.75) is 25.7 Å². The van der Waals surface area contributed by atoms with Crippen molar-refractivity contribution in [2.75, 3.05) is 7.11 Å². The first-order chi connectivity index (χ1) is 13.7. The Morgan fingerprint density at radius 1 is 1.24 bits per heavy atom. The highest BCUT2D eigenvalue weighted by Gasteiger charge is 2.30. The number of fused-ring (bicyclic) bond motifs is 1. The van der Waals surface area contributed by atoms with Crippen LogP contribution in [0.15, 0.2) is 47.3 Å². The second-order valence-corrected chi connectivity index (χ2v) is 6.46. The number of rotatable bonds is 5. The lowest BCUT2D eigenvalue weighted by Crippen LogP contribution is -2.22. The number of nitrogens with zero attached hydrogens (tertiary/aromatic N) is 1. The minimum absolute atomic E-state index is 0.116. The predicted molar refractivity (Wildman–Crippen MR) is 100 cm³/mol. The van der Waals surface area contributed by atoms with E-state index in [4.69, 9.17) is 0 Å². The number of aromatic amines is 1. The molecule has 0 aliphatic heterocycles. The van der Waals surface area contributed by atoms with Gasteiger partial charge in [-0.15, -0.1) is 0 Å². The summed E-state index contributed by atoms with van der Waals surface area (Å²) in [5.41, 5.74) is -0.0726. The Labute approximate surface area is 163 Å². The number of benzene rings is 2. The summed E-state index contributed by atoms with van der Waals surface area (Å²) >= 11 is 0. The monoisotopic (exact) mass is 405 g/mol. The van der Waals surface area contributed by atoms with Crippen LogP contribution in [0.5, 0.6) is 0 Å². The fourth-order valence-corrected chi connectivity index (χ4v) is 2.87. The molecule has 0 unspecified atom stereocenters. The van der Waals surface area contributed by atoms with E-state index in [2.05, 4.69) is 20.0 Å². The largest absolute Gasteiger partial charge is 0.465 e. The van der Waals surface area contributed by atoms with Crippen molar-refractivity contribution in [1.29, 1.82) is 0 Å². The second kappa shape index (κ2) is 8.04. The van der Waals surface area contributed by atoms with E-state index >= 15 is 0 Å². The molecule has 6 nitrogen and oxygen atoms in total. The summed E-state index contributed by atoms with van der Waals surface area (Å²) in [6.07, 6.45) is -4.42. The Morgan fingerprint density at radius 2 is 2.00 bits per heavy atom. The zero-order valence-corrected chi connectivity index (χ0v) is 15.6. The lowest BCUT2D eigenvalue weighted by atomic mass is 10.0. The van der Waals surface area contributed by atoms with Crippen molar-refractivity contribution < 1.29 is 22.7 Å². The third kappa shape index (κ3) is 4.62. The Hall–Kier alpha value is -3.20. The summed E-state index contributed by atoms with van der Waals surface area (Å²) in [5, 5.41) is 3.36. The number of ether oxygens (including phenoxy) is 1. The molecule has 0 saturated heterocycles. The van der Waals surface area contributed by atoms with Crippen LogP contribution in [0.2, 0.25) is 0 Å². The van der Waals surface area contributed by atoms with Gasteiger partial charge in [0.25, 0.3) is 5.56 Å². The lowest BCUT2D eigenvalue weighted by molar-refractivity contribution is -0.137. The Kier molecular flexibility index (Phi) is 5.69. The average Bonchev–Trinajstić information content (AvgIpc) is 2.70. The van der Waals surface area contributed by atoms with Crippen LogP contribution >= 0.6 is 0 Å². The van der Waals surface area contributed by atoms with Gasteiger partial charge in [0.2, 0.25) is 0 Å². The van der Waals surface area contributed by atoms with Gasteiger partial charge in [0, 0.05) is 6.04 Å². The number of alkyl halides is 3. The van der Waals surface area contributed by atoms with Crippen LogP contribution in [0.4, 0.5) is 13.2 Å². The molecule has 0 amide bonds. The quantitative estimate of drug-likeness (QED) is 0.634. The number of hydrogen-bond acceptors (Lipinski definition) is 5. The lowest BCUT2D eigenvalue weighted by Gasteiger charge is -2.16. The maximum absolute atomic E-state index is 12.9. The third-order valence-corrected chi connectivity index (χ3v) is 4.47. The minimum atomic E-state index is -4.42. The molecule has 0 fully saturated rings. The van der Waals surface area contributed by atoms with Crippen LogP contribution in [-0.4, -0.2) is 23.0 Å². The molecule has 3 aromatic rings. The van der Waals surface area contributed by atoms with Crippen molar-refractivity contribution in [3.8, 4) is 0 Å². The molecule has 0 radical (unpaired) electrons. The molecule has 9 heteroatoms.